The van der Waals surface area contributed by atoms with Crippen molar-refractivity contribution in [1.82, 2.24) is 14.7 Å². The number of hydrogen-bond acceptors (Lipinski definition) is 13. The quantitative estimate of drug-likeness (QED) is 0.0628. The molecule has 17 nitrogen and oxygen atoms in total. The van der Waals surface area contributed by atoms with E-state index in [2.05, 4.69) is 126 Å². The van der Waals surface area contributed by atoms with Crippen molar-refractivity contribution in [2.45, 2.75) is 141 Å². The molecule has 25 heteroatoms. The fraction of sp³-hybridized carbons (Fsp3) is 0.581. The van der Waals surface area contributed by atoms with Crippen molar-refractivity contribution in [3.63, 3.8) is 0 Å². The Labute approximate surface area is 526 Å². The van der Waals surface area contributed by atoms with E-state index in [1.54, 1.807) is 0 Å². The first kappa shape index (κ1) is 73.6. The molecule has 0 aliphatic carbocycles. The van der Waals surface area contributed by atoms with Gasteiger partial charge in [-0.25, -0.2) is 0 Å². The first-order chi connectivity index (χ1) is 40.0. The number of aliphatic carboxylic acids is 1. The number of halogens is 7. The number of nitrogens with one attached hydrogen (secondary N) is 2. The number of alkyl halides is 6. The monoisotopic (exact) mass is 1240 g/mol. The number of quaternary nitrogens is 1. The summed E-state index contributed by atoms with van der Waals surface area (Å²) in [5.41, 5.74) is 1.67. The van der Waals surface area contributed by atoms with Crippen LogP contribution in [0.3, 0.4) is 0 Å². The normalized spacial score (nSPS) is 16.9. The standard InChI is InChI=1S/C31H42F3N5O3.C19H30N2O2.C12H14F3N3O2.ClH.Li/c1-30(2,3)23-7-10-26(11-8-23)37-17-5-16-36(20-21-37)15-4-6-29(40)38-18-13-24(14-19-38)35-25-9-12-28(39(41)42)27(22-25)31(32,33)34;1-19(2,3)16-7-9-17(10-8-16)21-13-5-12-20(14-15-21)11-4-6-18(22)23;13-12(14,15)10-7-9(1-2-11(10)18(19)20)17-8-3-5-16-6-4-8;;/h7-12,22,24,35H,4-6,13-21H2,1-3H3;7-10H,4-6,11-15H2,1-3H3,(H,22,23);1-2,7-8,16-17H,3-6H2;1H;/q;;;;+1/p-1. The molecule has 4 aliphatic rings. The average molecular weight is 1240 g/mol. The van der Waals surface area contributed by atoms with E-state index in [-0.39, 0.29) is 77.9 Å². The molecule has 0 aromatic heterocycles. The van der Waals surface area contributed by atoms with Gasteiger partial charge in [-0.05, 0) is 142 Å². The van der Waals surface area contributed by atoms with Gasteiger partial charge in [0.2, 0.25) is 5.91 Å². The van der Waals surface area contributed by atoms with E-state index < -0.39 is 50.7 Å². The fourth-order valence-electron chi connectivity index (χ4n) is 11.1. The second-order valence-corrected chi connectivity index (χ2v) is 24.6. The summed E-state index contributed by atoms with van der Waals surface area (Å²) in [6, 6.07) is 23.8. The van der Waals surface area contributed by atoms with Gasteiger partial charge in [0.25, 0.3) is 11.4 Å². The van der Waals surface area contributed by atoms with Crippen molar-refractivity contribution in [2.75, 3.05) is 112 Å². The zero-order chi connectivity index (χ0) is 62.1. The third-order valence-corrected chi connectivity index (χ3v) is 16.1. The van der Waals surface area contributed by atoms with Gasteiger partial charge in [-0.2, -0.15) is 26.3 Å². The van der Waals surface area contributed by atoms with E-state index in [4.69, 9.17) is 0 Å². The van der Waals surface area contributed by atoms with Gasteiger partial charge in [0.15, 0.2) is 0 Å². The first-order valence-electron chi connectivity index (χ1n) is 29.7. The zero-order valence-corrected chi connectivity index (χ0v) is 52.2. The third-order valence-electron chi connectivity index (χ3n) is 16.1. The summed E-state index contributed by atoms with van der Waals surface area (Å²) < 4.78 is 78.4. The third kappa shape index (κ3) is 23.6. The maximum atomic E-state index is 13.3. The fourth-order valence-corrected chi connectivity index (χ4v) is 11.1. The zero-order valence-electron chi connectivity index (χ0n) is 51.4. The van der Waals surface area contributed by atoms with Gasteiger partial charge in [0.05, 0.1) is 22.9 Å². The number of hydrogen-bond donors (Lipinski definition) is 3. The van der Waals surface area contributed by atoms with Crippen molar-refractivity contribution in [2.24, 2.45) is 0 Å². The first-order valence-corrected chi connectivity index (χ1v) is 29.7. The van der Waals surface area contributed by atoms with Crippen molar-refractivity contribution in [3.05, 3.63) is 127 Å². The Morgan fingerprint density at radius 1 is 0.552 bits per heavy atom. The van der Waals surface area contributed by atoms with E-state index in [0.717, 1.165) is 135 Å². The van der Waals surface area contributed by atoms with Crippen LogP contribution in [0.5, 0.6) is 0 Å². The minimum atomic E-state index is -4.82. The number of benzene rings is 4. The van der Waals surface area contributed by atoms with Crippen LogP contribution >= 0.6 is 0 Å². The number of nitro groups is 2. The predicted molar refractivity (Wildman–Crippen MR) is 318 cm³/mol. The summed E-state index contributed by atoms with van der Waals surface area (Å²) in [7, 11) is 0. The molecular formula is C62H86ClF6LiN10O7. The number of nitro benzene ring substituents is 2. The Hall–Kier alpha value is -5.83. The summed E-state index contributed by atoms with van der Waals surface area (Å²) in [6.07, 6.45) is -2.33. The van der Waals surface area contributed by atoms with Gasteiger partial charge in [-0.15, -0.1) is 0 Å². The Bertz CT molecular complexity index is 2810. The SMILES string of the molecule is CC(C)(C)c1ccc(N2CCCN(CCCC(=O)N3CCC(Nc4ccc([N+](=O)[O-])c(C(F)(F)F)c4)CC3)CC2)cc1.CC(C)(C)c1ccc(N2CCCN(CCCC(=O)[O-])CC2)cc1.O=[N+]([O-])c1ccc(NC2CC[NH2+]CC2)cc1C(F)(F)F.[Cl-].[Li+]. The van der Waals surface area contributed by atoms with E-state index in [9.17, 15) is 61.3 Å². The van der Waals surface area contributed by atoms with Crippen molar-refractivity contribution < 1.29 is 87.5 Å². The van der Waals surface area contributed by atoms with Crippen LogP contribution in [-0.2, 0) is 32.8 Å². The smallest absolute Gasteiger partial charge is 1.00 e. The van der Waals surface area contributed by atoms with Crippen molar-refractivity contribution in [3.8, 4) is 0 Å². The van der Waals surface area contributed by atoms with Gasteiger partial charge in [0, 0.05) is 125 Å². The molecule has 4 aromatic carbocycles. The molecule has 0 atom stereocenters. The van der Waals surface area contributed by atoms with E-state index in [0.29, 0.717) is 38.8 Å². The molecular weight excluding hydrogens is 1150 g/mol. The second kappa shape index (κ2) is 33.7. The van der Waals surface area contributed by atoms with Crippen LogP contribution in [0.15, 0.2) is 84.9 Å². The topological polar surface area (TPSA) is 200 Å². The molecule has 4 fully saturated rings. The van der Waals surface area contributed by atoms with Crippen molar-refractivity contribution >= 4 is 46.0 Å². The van der Waals surface area contributed by atoms with E-state index in [1.807, 2.05) is 4.90 Å². The van der Waals surface area contributed by atoms with Gasteiger partial charge >= 0.3 is 31.2 Å². The molecule has 1 amide bonds. The Kier molecular flexibility index (Phi) is 28.5. The molecule has 0 saturated carbocycles. The summed E-state index contributed by atoms with van der Waals surface area (Å²) in [5, 5.41) is 40.4. The molecule has 4 aliphatic heterocycles. The number of rotatable bonds is 16. The Morgan fingerprint density at radius 2 is 0.943 bits per heavy atom. The second-order valence-electron chi connectivity index (χ2n) is 24.6. The number of carbonyl (C=O) groups excluding carboxylic acids is 2. The van der Waals surface area contributed by atoms with Crippen LogP contribution in [-0.4, -0.2) is 140 Å². The molecule has 476 valence electrons. The maximum absolute atomic E-state index is 13.3. The summed E-state index contributed by atoms with van der Waals surface area (Å²) in [5.74, 6) is -0.834. The predicted octanol–water partition coefficient (Wildman–Crippen LogP) is 4.09. The number of anilines is 4. The van der Waals surface area contributed by atoms with Crippen LogP contribution in [0, 0.1) is 20.2 Å². The molecule has 4 heterocycles. The molecule has 87 heavy (non-hydrogen) atoms. The number of amides is 1. The largest absolute Gasteiger partial charge is 1.00 e. The summed E-state index contributed by atoms with van der Waals surface area (Å²) in [4.78, 5) is 54.5. The van der Waals surface area contributed by atoms with Gasteiger partial charge in [-0.1, -0.05) is 65.8 Å². The number of carbonyl (C=O) groups is 2. The van der Waals surface area contributed by atoms with E-state index >= 15 is 0 Å². The number of carboxylic acid groups (broad SMARTS) is 1. The van der Waals surface area contributed by atoms with Crippen LogP contribution in [0.2, 0.25) is 0 Å². The summed E-state index contributed by atoms with van der Waals surface area (Å²) >= 11 is 0. The number of piperidine rings is 2. The van der Waals surface area contributed by atoms with Gasteiger partial charge in [-0.3, -0.25) is 25.0 Å². The molecule has 0 radical (unpaired) electrons. The molecule has 0 spiro atoms. The molecule has 0 bridgehead atoms. The van der Waals surface area contributed by atoms with Crippen LogP contribution in [0.25, 0.3) is 0 Å². The van der Waals surface area contributed by atoms with E-state index in [1.165, 1.54) is 34.6 Å². The minimum Gasteiger partial charge on any atom is -1.00 e. The number of carboxylic acids is 1. The molecule has 4 aromatic rings. The minimum absolute atomic E-state index is 0. The molecule has 0 unspecified atom stereocenters. The number of nitrogens with zero attached hydrogens (tertiary/aromatic N) is 7. The Balaban J connectivity index is 0.000000304. The van der Waals surface area contributed by atoms with Crippen LogP contribution in [0.1, 0.15) is 128 Å². The Morgan fingerprint density at radius 3 is 1.31 bits per heavy atom. The maximum Gasteiger partial charge on any atom is 1.00 e. The van der Waals surface area contributed by atoms with Crippen molar-refractivity contribution in [1.29, 1.82) is 0 Å². The number of nitrogens with two attached hydrogens (primary N) is 1. The summed E-state index contributed by atoms with van der Waals surface area (Å²) in [6.45, 7) is 26.1. The van der Waals surface area contributed by atoms with Crippen LogP contribution < -0.4 is 62.1 Å². The van der Waals surface area contributed by atoms with Gasteiger partial charge in [0.1, 0.15) is 11.1 Å². The molecule has 8 rings (SSSR count). The average Bonchev–Trinajstić information content (AvgIpc) is 2.40. The van der Waals surface area contributed by atoms with Gasteiger partial charge < -0.3 is 62.8 Å². The molecule has 4 N–H and O–H groups in total. The molecule has 4 saturated heterocycles. The number of likely N-dealkylation sites (tertiary alicyclic amines) is 1. The van der Waals surface area contributed by atoms with Crippen LogP contribution in [0.4, 0.5) is 60.5 Å².